The second-order valence-corrected chi connectivity index (χ2v) is 5.14. The number of rotatable bonds is 4. The van der Waals surface area contributed by atoms with Crippen LogP contribution in [-0.2, 0) is 14.3 Å². The summed E-state index contributed by atoms with van der Waals surface area (Å²) in [5.41, 5.74) is 5.78. The number of hydrogen-bond acceptors (Lipinski definition) is 4. The third-order valence-corrected chi connectivity index (χ3v) is 2.36. The van der Waals surface area contributed by atoms with Crippen LogP contribution in [-0.4, -0.2) is 23.9 Å². The van der Waals surface area contributed by atoms with E-state index in [0.29, 0.717) is 11.8 Å². The standard InChI is InChI=1S/C14H19NO3/c1-14(2,3)18-13(17)12(11(15)9-16)10-7-5-4-6-8-10/h4-9,11-12H,15H2,1-3H3/t11-,12?/m1/s1. The van der Waals surface area contributed by atoms with Crippen molar-refractivity contribution in [2.24, 2.45) is 5.73 Å². The highest BCUT2D eigenvalue weighted by molar-refractivity contribution is 5.84. The summed E-state index contributed by atoms with van der Waals surface area (Å²) in [6.07, 6.45) is 0.571. The monoisotopic (exact) mass is 249 g/mol. The summed E-state index contributed by atoms with van der Waals surface area (Å²) >= 11 is 0. The van der Waals surface area contributed by atoms with Crippen molar-refractivity contribution in [2.75, 3.05) is 0 Å². The Morgan fingerprint density at radius 2 is 1.83 bits per heavy atom. The average molecular weight is 249 g/mol. The zero-order chi connectivity index (χ0) is 13.8. The fourth-order valence-electron chi connectivity index (χ4n) is 1.62. The van der Waals surface area contributed by atoms with Crippen molar-refractivity contribution >= 4 is 12.3 Å². The predicted molar refractivity (Wildman–Crippen MR) is 69.1 cm³/mol. The van der Waals surface area contributed by atoms with E-state index in [1.165, 1.54) is 0 Å². The molecule has 0 aliphatic heterocycles. The molecular weight excluding hydrogens is 230 g/mol. The smallest absolute Gasteiger partial charge is 0.315 e. The molecule has 0 spiro atoms. The van der Waals surface area contributed by atoms with E-state index in [1.54, 1.807) is 45.0 Å². The average Bonchev–Trinajstić information content (AvgIpc) is 2.28. The van der Waals surface area contributed by atoms with Crippen molar-refractivity contribution in [1.29, 1.82) is 0 Å². The van der Waals surface area contributed by atoms with E-state index in [0.717, 1.165) is 0 Å². The van der Waals surface area contributed by atoms with Gasteiger partial charge >= 0.3 is 5.97 Å². The molecule has 0 saturated carbocycles. The zero-order valence-electron chi connectivity index (χ0n) is 10.9. The summed E-state index contributed by atoms with van der Waals surface area (Å²) in [5.74, 6) is -1.24. The van der Waals surface area contributed by atoms with Gasteiger partial charge < -0.3 is 15.3 Å². The molecule has 98 valence electrons. The fourth-order valence-corrected chi connectivity index (χ4v) is 1.62. The maximum Gasteiger partial charge on any atom is 0.315 e. The summed E-state index contributed by atoms with van der Waals surface area (Å²) in [5, 5.41) is 0. The molecule has 1 unspecified atom stereocenters. The molecule has 0 aliphatic rings. The molecule has 1 aromatic rings. The molecule has 4 heteroatoms. The zero-order valence-corrected chi connectivity index (χ0v) is 10.9. The molecule has 0 aliphatic carbocycles. The van der Waals surface area contributed by atoms with Crippen LogP contribution in [0.5, 0.6) is 0 Å². The lowest BCUT2D eigenvalue weighted by Gasteiger charge is -2.25. The van der Waals surface area contributed by atoms with Crippen LogP contribution in [0, 0.1) is 0 Å². The Morgan fingerprint density at radius 1 is 1.28 bits per heavy atom. The highest BCUT2D eigenvalue weighted by atomic mass is 16.6. The Kier molecular flexibility index (Phi) is 4.62. The van der Waals surface area contributed by atoms with Crippen LogP contribution in [0.4, 0.5) is 0 Å². The van der Waals surface area contributed by atoms with Gasteiger partial charge in [-0.15, -0.1) is 0 Å². The molecule has 0 aromatic heterocycles. The fraction of sp³-hybridized carbons (Fsp3) is 0.429. The van der Waals surface area contributed by atoms with Gasteiger partial charge in [-0.1, -0.05) is 30.3 Å². The van der Waals surface area contributed by atoms with Gasteiger partial charge in [-0.2, -0.15) is 0 Å². The molecule has 2 N–H and O–H groups in total. The highest BCUT2D eigenvalue weighted by Gasteiger charge is 2.31. The Morgan fingerprint density at radius 3 is 2.28 bits per heavy atom. The van der Waals surface area contributed by atoms with Crippen LogP contribution in [0.2, 0.25) is 0 Å². The number of aldehydes is 1. The summed E-state index contributed by atoms with van der Waals surface area (Å²) < 4.78 is 5.30. The summed E-state index contributed by atoms with van der Waals surface area (Å²) in [4.78, 5) is 23.0. The van der Waals surface area contributed by atoms with Crippen molar-refractivity contribution in [1.82, 2.24) is 0 Å². The SMILES string of the molecule is CC(C)(C)OC(=O)C(c1ccccc1)[C@H](N)C=O. The number of benzene rings is 1. The maximum atomic E-state index is 12.1. The molecule has 0 amide bonds. The molecule has 0 heterocycles. The molecule has 0 fully saturated rings. The lowest BCUT2D eigenvalue weighted by atomic mass is 9.92. The predicted octanol–water partition coefficient (Wildman–Crippen LogP) is 1.64. The van der Waals surface area contributed by atoms with Gasteiger partial charge in [-0.3, -0.25) is 4.79 Å². The molecule has 18 heavy (non-hydrogen) atoms. The van der Waals surface area contributed by atoms with E-state index < -0.39 is 23.5 Å². The number of nitrogens with two attached hydrogens (primary N) is 1. The number of carbonyl (C=O) groups is 2. The Bertz CT molecular complexity index is 409. The van der Waals surface area contributed by atoms with Gasteiger partial charge in [0.15, 0.2) is 0 Å². The van der Waals surface area contributed by atoms with Gasteiger partial charge in [-0.05, 0) is 26.3 Å². The lowest BCUT2D eigenvalue weighted by Crippen LogP contribution is -2.38. The maximum absolute atomic E-state index is 12.1. The first-order valence-electron chi connectivity index (χ1n) is 5.84. The first kappa shape index (κ1) is 14.4. The molecule has 0 radical (unpaired) electrons. The van der Waals surface area contributed by atoms with Crippen LogP contribution >= 0.6 is 0 Å². The van der Waals surface area contributed by atoms with Crippen molar-refractivity contribution in [2.45, 2.75) is 38.3 Å². The Hall–Kier alpha value is -1.68. The minimum Gasteiger partial charge on any atom is -0.459 e. The van der Waals surface area contributed by atoms with Gasteiger partial charge in [0.05, 0.1) is 6.04 Å². The normalized spacial score (nSPS) is 14.7. The minimum absolute atomic E-state index is 0.478. The van der Waals surface area contributed by atoms with Gasteiger partial charge in [0.25, 0.3) is 0 Å². The van der Waals surface area contributed by atoms with Crippen LogP contribution in [0.25, 0.3) is 0 Å². The lowest BCUT2D eigenvalue weighted by molar-refractivity contribution is -0.157. The largest absolute Gasteiger partial charge is 0.459 e. The number of ether oxygens (including phenoxy) is 1. The molecule has 0 bridgehead atoms. The second kappa shape index (κ2) is 5.78. The number of esters is 1. The van der Waals surface area contributed by atoms with Crippen LogP contribution in [0.3, 0.4) is 0 Å². The second-order valence-electron chi connectivity index (χ2n) is 5.14. The van der Waals surface area contributed by atoms with E-state index in [2.05, 4.69) is 0 Å². The van der Waals surface area contributed by atoms with E-state index >= 15 is 0 Å². The summed E-state index contributed by atoms with van der Waals surface area (Å²) in [6, 6.07) is 8.05. The van der Waals surface area contributed by atoms with Gasteiger partial charge in [-0.25, -0.2) is 0 Å². The third kappa shape index (κ3) is 3.96. The third-order valence-electron chi connectivity index (χ3n) is 2.36. The molecule has 0 saturated heterocycles. The highest BCUT2D eigenvalue weighted by Crippen LogP contribution is 2.22. The molecule has 1 rings (SSSR count). The first-order chi connectivity index (χ1) is 8.35. The molecule has 1 aromatic carbocycles. The van der Waals surface area contributed by atoms with E-state index in [4.69, 9.17) is 10.5 Å². The Labute approximate surface area is 107 Å². The molecule has 2 atom stereocenters. The molecule has 4 nitrogen and oxygen atoms in total. The van der Waals surface area contributed by atoms with Gasteiger partial charge in [0.1, 0.15) is 17.8 Å². The van der Waals surface area contributed by atoms with E-state index in [9.17, 15) is 9.59 Å². The number of hydrogen-bond donors (Lipinski definition) is 1. The van der Waals surface area contributed by atoms with Crippen LogP contribution in [0.15, 0.2) is 30.3 Å². The topological polar surface area (TPSA) is 69.4 Å². The van der Waals surface area contributed by atoms with E-state index in [1.807, 2.05) is 6.07 Å². The number of carbonyl (C=O) groups excluding carboxylic acids is 2. The van der Waals surface area contributed by atoms with Crippen molar-refractivity contribution in [3.63, 3.8) is 0 Å². The first-order valence-corrected chi connectivity index (χ1v) is 5.84. The summed E-state index contributed by atoms with van der Waals surface area (Å²) in [7, 11) is 0. The van der Waals surface area contributed by atoms with Crippen LogP contribution in [0.1, 0.15) is 32.3 Å². The van der Waals surface area contributed by atoms with Crippen molar-refractivity contribution in [3.05, 3.63) is 35.9 Å². The van der Waals surface area contributed by atoms with E-state index in [-0.39, 0.29) is 0 Å². The molecular formula is C14H19NO3. The van der Waals surface area contributed by atoms with Gasteiger partial charge in [0.2, 0.25) is 0 Å². The quantitative estimate of drug-likeness (QED) is 0.650. The Balaban J connectivity index is 3.00. The minimum atomic E-state index is -0.901. The van der Waals surface area contributed by atoms with Crippen molar-refractivity contribution in [3.8, 4) is 0 Å². The summed E-state index contributed by atoms with van der Waals surface area (Å²) in [6.45, 7) is 5.33. The van der Waals surface area contributed by atoms with Crippen LogP contribution < -0.4 is 5.73 Å². The van der Waals surface area contributed by atoms with Crippen molar-refractivity contribution < 1.29 is 14.3 Å². The van der Waals surface area contributed by atoms with Gasteiger partial charge in [0, 0.05) is 0 Å².